The highest BCUT2D eigenvalue weighted by atomic mass is 35.5. The van der Waals surface area contributed by atoms with Crippen LogP contribution in [0.3, 0.4) is 0 Å². The molecule has 3 heterocycles. The molecule has 6 rings (SSSR count). The highest BCUT2D eigenvalue weighted by molar-refractivity contribution is 6.31. The van der Waals surface area contributed by atoms with Crippen molar-refractivity contribution < 1.29 is 31.5 Å². The number of halogens is 6. The predicted octanol–water partition coefficient (Wildman–Crippen LogP) is 6.30. The zero-order chi connectivity index (χ0) is 30.6. The van der Waals surface area contributed by atoms with E-state index in [4.69, 9.17) is 11.6 Å². The molecule has 2 N–H and O–H groups in total. The fraction of sp³-hybridized carbons (Fsp3) is 0.0690. The van der Waals surface area contributed by atoms with Crippen molar-refractivity contribution in [2.24, 2.45) is 0 Å². The molecule has 0 fully saturated rings. The number of benzene rings is 3. The molecule has 14 heteroatoms. The fourth-order valence-corrected chi connectivity index (χ4v) is 5.08. The van der Waals surface area contributed by atoms with E-state index in [-0.39, 0.29) is 44.9 Å². The second-order valence-electron chi connectivity index (χ2n) is 9.51. The van der Waals surface area contributed by atoms with Gasteiger partial charge in [0.1, 0.15) is 23.4 Å². The third-order valence-corrected chi connectivity index (χ3v) is 7.15. The summed E-state index contributed by atoms with van der Waals surface area (Å²) in [6.07, 6.45) is -0.672. The Balaban J connectivity index is 1.52. The number of amides is 2. The van der Waals surface area contributed by atoms with Crippen molar-refractivity contribution in [3.05, 3.63) is 117 Å². The molecule has 2 amide bonds. The van der Waals surface area contributed by atoms with Crippen LogP contribution in [-0.2, 0) is 6.18 Å². The van der Waals surface area contributed by atoms with E-state index < -0.39 is 46.8 Å². The van der Waals surface area contributed by atoms with Gasteiger partial charge in [0.25, 0.3) is 11.8 Å². The summed E-state index contributed by atoms with van der Waals surface area (Å²) in [7, 11) is 0. The maximum Gasteiger partial charge on any atom is 0.416 e. The van der Waals surface area contributed by atoms with Crippen LogP contribution >= 0.6 is 11.6 Å². The minimum absolute atomic E-state index is 0.0413. The smallest absolute Gasteiger partial charge is 0.341 e. The number of nitriles is 1. The zero-order valence-electron chi connectivity index (χ0n) is 21.3. The van der Waals surface area contributed by atoms with Gasteiger partial charge in [0, 0.05) is 50.9 Å². The summed E-state index contributed by atoms with van der Waals surface area (Å²) in [6.45, 7) is 0. The van der Waals surface area contributed by atoms with Crippen LogP contribution < -0.4 is 10.6 Å². The fourth-order valence-electron chi connectivity index (χ4n) is 4.86. The molecule has 214 valence electrons. The third-order valence-electron chi connectivity index (χ3n) is 6.81. The Morgan fingerprint density at radius 2 is 1.79 bits per heavy atom. The van der Waals surface area contributed by atoms with Crippen LogP contribution in [0.15, 0.2) is 67.1 Å². The van der Waals surface area contributed by atoms with Crippen LogP contribution in [0.4, 0.5) is 27.6 Å². The second kappa shape index (κ2) is 10.2. The molecule has 0 unspecified atom stereocenters. The molecule has 5 aromatic rings. The Morgan fingerprint density at radius 1 is 1.02 bits per heavy atom. The number of carbonyl (C=O) groups is 2. The van der Waals surface area contributed by atoms with Gasteiger partial charge in [-0.25, -0.2) is 18.7 Å². The van der Waals surface area contributed by atoms with Gasteiger partial charge in [-0.15, -0.1) is 0 Å². The van der Waals surface area contributed by atoms with Crippen molar-refractivity contribution in [3.8, 4) is 17.2 Å². The first kappa shape index (κ1) is 27.8. The van der Waals surface area contributed by atoms with E-state index in [0.29, 0.717) is 23.3 Å². The van der Waals surface area contributed by atoms with Gasteiger partial charge in [-0.2, -0.15) is 18.4 Å². The van der Waals surface area contributed by atoms with Crippen molar-refractivity contribution >= 4 is 34.9 Å². The Bertz CT molecular complexity index is 2030. The minimum Gasteiger partial charge on any atom is -0.341 e. The van der Waals surface area contributed by atoms with Gasteiger partial charge >= 0.3 is 6.18 Å². The lowest BCUT2D eigenvalue weighted by atomic mass is 9.93. The van der Waals surface area contributed by atoms with Gasteiger partial charge in [0.15, 0.2) is 0 Å². The van der Waals surface area contributed by atoms with Gasteiger partial charge in [-0.05, 0) is 54.1 Å². The van der Waals surface area contributed by atoms with Crippen molar-refractivity contribution in [2.75, 3.05) is 5.32 Å². The number of alkyl halides is 3. The van der Waals surface area contributed by atoms with Gasteiger partial charge in [-0.3, -0.25) is 14.0 Å². The van der Waals surface area contributed by atoms with E-state index in [1.165, 1.54) is 41.2 Å². The van der Waals surface area contributed by atoms with Crippen molar-refractivity contribution in [1.82, 2.24) is 19.7 Å². The van der Waals surface area contributed by atoms with Gasteiger partial charge in [-0.1, -0.05) is 11.6 Å². The maximum absolute atomic E-state index is 14.2. The minimum atomic E-state index is -4.92. The summed E-state index contributed by atoms with van der Waals surface area (Å²) in [5.41, 5.74) is -0.842. The van der Waals surface area contributed by atoms with Crippen molar-refractivity contribution in [1.29, 1.82) is 5.26 Å². The molecule has 0 bridgehead atoms. The van der Waals surface area contributed by atoms with E-state index in [9.17, 15) is 36.8 Å². The van der Waals surface area contributed by atoms with E-state index in [1.54, 1.807) is 0 Å². The number of fused-ring (bicyclic) bond motifs is 2. The summed E-state index contributed by atoms with van der Waals surface area (Å²) in [5.74, 6) is -3.44. The lowest BCUT2D eigenvalue weighted by Gasteiger charge is -2.19. The number of rotatable bonds is 4. The van der Waals surface area contributed by atoms with Gasteiger partial charge in [0.05, 0.1) is 17.8 Å². The normalized spacial score (nSPS) is 14.3. The van der Waals surface area contributed by atoms with Crippen LogP contribution in [0.2, 0.25) is 5.02 Å². The Labute approximate surface area is 243 Å². The molecule has 0 spiro atoms. The Hall–Kier alpha value is -5.35. The number of nitrogens with zero attached hydrogens (tertiary/aromatic N) is 4. The zero-order valence-corrected chi connectivity index (χ0v) is 22.1. The summed E-state index contributed by atoms with van der Waals surface area (Å²) in [4.78, 5) is 34.7. The van der Waals surface area contributed by atoms with Crippen molar-refractivity contribution in [2.45, 2.75) is 12.2 Å². The standard InChI is InChI=1S/C29H14ClF5N6O2/c30-22-2-1-17(31)8-20(22)25-24-21(27(43)40-25)5-13(15-10-37-28-38-11-19(9-36)41(28)12-15)6-23(24)39-26(42)14-3-16(29(33,34)35)7-18(32)4-14/h1-8,10-12,25H,(H,39,42)(H,40,43)/t25-/m0/s1. The van der Waals surface area contributed by atoms with Gasteiger partial charge in [0.2, 0.25) is 5.78 Å². The van der Waals surface area contributed by atoms with E-state index in [1.807, 2.05) is 6.07 Å². The van der Waals surface area contributed by atoms with E-state index in [2.05, 4.69) is 20.6 Å². The average molecular weight is 609 g/mol. The molecular weight excluding hydrogens is 595 g/mol. The number of carbonyl (C=O) groups excluding carboxylic acids is 2. The summed E-state index contributed by atoms with van der Waals surface area (Å²) >= 11 is 6.33. The molecule has 43 heavy (non-hydrogen) atoms. The highest BCUT2D eigenvalue weighted by Gasteiger charge is 2.36. The maximum atomic E-state index is 14.2. The molecule has 1 atom stereocenters. The lowest BCUT2D eigenvalue weighted by molar-refractivity contribution is -0.137. The molecule has 0 saturated heterocycles. The number of aromatic nitrogens is 3. The lowest BCUT2D eigenvalue weighted by Crippen LogP contribution is -2.21. The van der Waals surface area contributed by atoms with Crippen LogP contribution in [0.25, 0.3) is 16.9 Å². The van der Waals surface area contributed by atoms with Crippen LogP contribution in [-0.4, -0.2) is 26.2 Å². The largest absolute Gasteiger partial charge is 0.416 e. The number of hydrogen-bond donors (Lipinski definition) is 2. The number of anilines is 1. The number of nitrogens with one attached hydrogen (secondary N) is 2. The molecule has 1 aliphatic rings. The second-order valence-corrected chi connectivity index (χ2v) is 9.91. The first-order valence-electron chi connectivity index (χ1n) is 12.3. The van der Waals surface area contributed by atoms with E-state index >= 15 is 0 Å². The summed E-state index contributed by atoms with van der Waals surface area (Å²) < 4.78 is 69.7. The molecule has 0 saturated carbocycles. The van der Waals surface area contributed by atoms with Crippen molar-refractivity contribution in [3.63, 3.8) is 0 Å². The number of hydrogen-bond acceptors (Lipinski definition) is 5. The van der Waals surface area contributed by atoms with Gasteiger partial charge < -0.3 is 10.6 Å². The molecule has 1 aliphatic heterocycles. The average Bonchev–Trinajstić information content (AvgIpc) is 3.53. The quantitative estimate of drug-likeness (QED) is 0.233. The Morgan fingerprint density at radius 3 is 2.53 bits per heavy atom. The molecular formula is C29H14ClF5N6O2. The molecule has 0 aliphatic carbocycles. The summed E-state index contributed by atoms with van der Waals surface area (Å²) in [6, 6.07) is 8.70. The van der Waals surface area contributed by atoms with Crippen LogP contribution in [0.5, 0.6) is 0 Å². The summed E-state index contributed by atoms with van der Waals surface area (Å²) in [5, 5.41) is 14.7. The van der Waals surface area contributed by atoms with Crippen LogP contribution in [0.1, 0.15) is 49.1 Å². The SMILES string of the molecule is N#Cc1cnc2ncc(-c3cc(NC(=O)c4cc(F)cc(C(F)(F)F)c4)c4c(c3)C(=O)N[C@H]4c3cc(F)ccc3Cl)cn12. The Kier molecular flexibility index (Phi) is 6.58. The molecule has 3 aromatic carbocycles. The highest BCUT2D eigenvalue weighted by Crippen LogP contribution is 2.42. The third kappa shape index (κ3) is 5.02. The first-order valence-corrected chi connectivity index (χ1v) is 12.7. The topological polar surface area (TPSA) is 112 Å². The van der Waals surface area contributed by atoms with Crippen LogP contribution in [0, 0.1) is 23.0 Å². The van der Waals surface area contributed by atoms with E-state index in [0.717, 1.165) is 12.1 Å². The molecule has 0 radical (unpaired) electrons. The monoisotopic (exact) mass is 608 g/mol. The molecule has 8 nitrogen and oxygen atoms in total. The molecule has 2 aromatic heterocycles. The first-order chi connectivity index (χ1) is 20.4. The predicted molar refractivity (Wildman–Crippen MR) is 143 cm³/mol. The number of imidazole rings is 1.